The van der Waals surface area contributed by atoms with E-state index in [-0.39, 0.29) is 5.56 Å². The molecule has 5 heteroatoms. The van der Waals surface area contributed by atoms with Crippen LogP contribution in [0.4, 0.5) is 13.2 Å². The maximum atomic E-state index is 12.9. The zero-order valence-electron chi connectivity index (χ0n) is 10.2. The minimum Gasteiger partial charge on any atom is -0.385 e. The van der Waals surface area contributed by atoms with Crippen molar-refractivity contribution in [3.05, 3.63) is 35.4 Å². The first kappa shape index (κ1) is 13.4. The van der Waals surface area contributed by atoms with Gasteiger partial charge < -0.3 is 10.0 Å². The van der Waals surface area contributed by atoms with Crippen LogP contribution in [-0.4, -0.2) is 30.1 Å². The maximum absolute atomic E-state index is 12.9. The van der Waals surface area contributed by atoms with Crippen LogP contribution in [0, 0.1) is 0 Å². The molecule has 18 heavy (non-hydrogen) atoms. The Morgan fingerprint density at radius 1 is 1.17 bits per heavy atom. The third-order valence-corrected chi connectivity index (χ3v) is 3.55. The fraction of sp³-hybridized carbons (Fsp3) is 0.538. The second kappa shape index (κ2) is 4.55. The number of benzene rings is 1. The van der Waals surface area contributed by atoms with E-state index < -0.39 is 17.3 Å². The van der Waals surface area contributed by atoms with E-state index in [0.29, 0.717) is 25.9 Å². The molecule has 0 bridgehead atoms. The average Bonchev–Trinajstić information content (AvgIpc) is 2.32. The van der Waals surface area contributed by atoms with Gasteiger partial charge in [-0.05, 0) is 31.5 Å². The predicted molar refractivity (Wildman–Crippen MR) is 62.1 cm³/mol. The van der Waals surface area contributed by atoms with Crippen molar-refractivity contribution >= 4 is 0 Å². The normalized spacial score (nSPS) is 20.9. The highest BCUT2D eigenvalue weighted by atomic mass is 19.4. The molecule has 100 valence electrons. The van der Waals surface area contributed by atoms with Crippen molar-refractivity contribution in [3.63, 3.8) is 0 Å². The molecule has 2 rings (SSSR count). The Kier molecular flexibility index (Phi) is 3.38. The van der Waals surface area contributed by atoms with Crippen LogP contribution < -0.4 is 0 Å². The zero-order valence-corrected chi connectivity index (χ0v) is 10.2. The summed E-state index contributed by atoms with van der Waals surface area (Å²) in [4.78, 5) is 2.00. The summed E-state index contributed by atoms with van der Waals surface area (Å²) >= 11 is 0. The third kappa shape index (κ3) is 2.52. The molecule has 1 aromatic rings. The number of likely N-dealkylation sites (tertiary alicyclic amines) is 1. The number of aliphatic hydroxyl groups is 1. The Labute approximate surface area is 104 Å². The summed E-state index contributed by atoms with van der Waals surface area (Å²) in [5.74, 6) is 0. The number of piperidine rings is 1. The maximum Gasteiger partial charge on any atom is 0.416 e. The molecule has 1 saturated heterocycles. The Bertz CT molecular complexity index is 422. The number of halogens is 3. The lowest BCUT2D eigenvalue weighted by Gasteiger charge is -2.38. The molecule has 0 spiro atoms. The molecule has 1 aromatic carbocycles. The van der Waals surface area contributed by atoms with Crippen molar-refractivity contribution < 1.29 is 18.3 Å². The molecule has 1 fully saturated rings. The molecule has 0 aromatic heterocycles. The predicted octanol–water partition coefficient (Wildman–Crippen LogP) is 2.62. The van der Waals surface area contributed by atoms with Gasteiger partial charge in [-0.1, -0.05) is 18.2 Å². The number of alkyl halides is 3. The van der Waals surface area contributed by atoms with Gasteiger partial charge in [0.25, 0.3) is 0 Å². The summed E-state index contributed by atoms with van der Waals surface area (Å²) in [5, 5.41) is 10.5. The van der Waals surface area contributed by atoms with Crippen LogP contribution in [0.5, 0.6) is 0 Å². The fourth-order valence-electron chi connectivity index (χ4n) is 2.39. The van der Waals surface area contributed by atoms with E-state index in [4.69, 9.17) is 0 Å². The van der Waals surface area contributed by atoms with Gasteiger partial charge in [0.05, 0.1) is 11.2 Å². The molecule has 0 saturated carbocycles. The van der Waals surface area contributed by atoms with Crippen molar-refractivity contribution in [2.45, 2.75) is 24.6 Å². The van der Waals surface area contributed by atoms with E-state index in [2.05, 4.69) is 0 Å². The standard InChI is InChI=1S/C13H16F3NO/c1-17-8-6-12(18,7-9-17)10-4-2-3-5-11(10)13(14,15)16/h2-5,18H,6-9H2,1H3. The zero-order chi connectivity index (χ0) is 13.4. The largest absolute Gasteiger partial charge is 0.416 e. The quantitative estimate of drug-likeness (QED) is 0.838. The van der Waals surface area contributed by atoms with Crippen molar-refractivity contribution in [1.82, 2.24) is 4.90 Å². The van der Waals surface area contributed by atoms with Crippen molar-refractivity contribution in [1.29, 1.82) is 0 Å². The number of hydrogen-bond donors (Lipinski definition) is 1. The molecule has 1 aliphatic rings. The third-order valence-electron chi connectivity index (χ3n) is 3.55. The van der Waals surface area contributed by atoms with Crippen LogP contribution in [-0.2, 0) is 11.8 Å². The smallest absolute Gasteiger partial charge is 0.385 e. The van der Waals surface area contributed by atoms with E-state index in [0.717, 1.165) is 6.07 Å². The first-order valence-electron chi connectivity index (χ1n) is 5.90. The van der Waals surface area contributed by atoms with Crippen LogP contribution in [0.15, 0.2) is 24.3 Å². The van der Waals surface area contributed by atoms with Gasteiger partial charge in [-0.3, -0.25) is 0 Å². The van der Waals surface area contributed by atoms with E-state index in [1.807, 2.05) is 11.9 Å². The van der Waals surface area contributed by atoms with Crippen LogP contribution >= 0.6 is 0 Å². The summed E-state index contributed by atoms with van der Waals surface area (Å²) in [6, 6.07) is 5.31. The molecule has 1 N–H and O–H groups in total. The van der Waals surface area contributed by atoms with Gasteiger partial charge in [0, 0.05) is 13.1 Å². The van der Waals surface area contributed by atoms with Crippen molar-refractivity contribution in [2.75, 3.05) is 20.1 Å². The Hall–Kier alpha value is -1.07. The van der Waals surface area contributed by atoms with Gasteiger partial charge in [-0.15, -0.1) is 0 Å². The molecule has 1 heterocycles. The lowest BCUT2D eigenvalue weighted by Crippen LogP contribution is -2.41. The van der Waals surface area contributed by atoms with Gasteiger partial charge in [0.1, 0.15) is 0 Å². The molecule has 2 nitrogen and oxygen atoms in total. The summed E-state index contributed by atoms with van der Waals surface area (Å²) in [6.07, 6.45) is -3.76. The second-order valence-electron chi connectivity index (χ2n) is 4.88. The van der Waals surface area contributed by atoms with Gasteiger partial charge in [-0.25, -0.2) is 0 Å². The highest BCUT2D eigenvalue weighted by molar-refractivity contribution is 5.35. The highest BCUT2D eigenvalue weighted by Crippen LogP contribution is 2.40. The summed E-state index contributed by atoms with van der Waals surface area (Å²) in [7, 11) is 1.90. The van der Waals surface area contributed by atoms with Crippen LogP contribution in [0.1, 0.15) is 24.0 Å². The van der Waals surface area contributed by atoms with E-state index in [9.17, 15) is 18.3 Å². The topological polar surface area (TPSA) is 23.5 Å². The first-order chi connectivity index (χ1) is 8.33. The monoisotopic (exact) mass is 259 g/mol. The van der Waals surface area contributed by atoms with Crippen molar-refractivity contribution in [3.8, 4) is 0 Å². The van der Waals surface area contributed by atoms with Gasteiger partial charge >= 0.3 is 6.18 Å². The van der Waals surface area contributed by atoms with Gasteiger partial charge in [-0.2, -0.15) is 13.2 Å². The molecular weight excluding hydrogens is 243 g/mol. The number of rotatable bonds is 1. The molecule has 1 aliphatic heterocycles. The molecule has 0 aliphatic carbocycles. The second-order valence-corrected chi connectivity index (χ2v) is 4.88. The highest BCUT2D eigenvalue weighted by Gasteiger charge is 2.41. The van der Waals surface area contributed by atoms with E-state index >= 15 is 0 Å². The van der Waals surface area contributed by atoms with Gasteiger partial charge in [0.2, 0.25) is 0 Å². The van der Waals surface area contributed by atoms with Gasteiger partial charge in [0.15, 0.2) is 0 Å². The van der Waals surface area contributed by atoms with Crippen LogP contribution in [0.2, 0.25) is 0 Å². The lowest BCUT2D eigenvalue weighted by molar-refractivity contribution is -0.141. The van der Waals surface area contributed by atoms with Crippen LogP contribution in [0.25, 0.3) is 0 Å². The Morgan fingerprint density at radius 3 is 2.28 bits per heavy atom. The lowest BCUT2D eigenvalue weighted by atomic mass is 9.82. The summed E-state index contributed by atoms with van der Waals surface area (Å²) in [5.41, 5.74) is -2.08. The number of hydrogen-bond acceptors (Lipinski definition) is 2. The fourth-order valence-corrected chi connectivity index (χ4v) is 2.39. The molecule has 0 unspecified atom stereocenters. The molecule has 0 radical (unpaired) electrons. The minimum atomic E-state index is -4.42. The average molecular weight is 259 g/mol. The molecule has 0 amide bonds. The van der Waals surface area contributed by atoms with E-state index in [1.54, 1.807) is 6.07 Å². The summed E-state index contributed by atoms with van der Waals surface area (Å²) < 4.78 is 38.8. The minimum absolute atomic E-state index is 0.00519. The Morgan fingerprint density at radius 2 is 1.72 bits per heavy atom. The molecule has 0 atom stereocenters. The summed E-state index contributed by atoms with van der Waals surface area (Å²) in [6.45, 7) is 1.20. The van der Waals surface area contributed by atoms with Crippen molar-refractivity contribution in [2.24, 2.45) is 0 Å². The number of nitrogens with zero attached hydrogens (tertiary/aromatic N) is 1. The Balaban J connectivity index is 2.39. The first-order valence-corrected chi connectivity index (χ1v) is 5.90. The molecular formula is C13H16F3NO. The SMILES string of the molecule is CN1CCC(O)(c2ccccc2C(F)(F)F)CC1. The van der Waals surface area contributed by atoms with E-state index in [1.165, 1.54) is 12.1 Å². The van der Waals surface area contributed by atoms with Crippen LogP contribution in [0.3, 0.4) is 0 Å².